The summed E-state index contributed by atoms with van der Waals surface area (Å²) in [5, 5.41) is 13.2. The van der Waals surface area contributed by atoms with Gasteiger partial charge in [0, 0.05) is 18.3 Å². The first-order valence-electron chi connectivity index (χ1n) is 6.10. The Morgan fingerprint density at radius 2 is 2.11 bits per heavy atom. The average molecular weight is 259 g/mol. The standard InChI is InChI=1S/C14H17N3O2/c1-11(14(18)19)16(2)9-12-8-15-17(10-12)13-6-4-3-5-7-13/h3-8,10-11H,9H2,1-2H3,(H,18,19). The highest BCUT2D eigenvalue weighted by Gasteiger charge is 2.17. The number of carboxylic acids is 1. The summed E-state index contributed by atoms with van der Waals surface area (Å²) in [6.45, 7) is 2.23. The Labute approximate surface area is 112 Å². The van der Waals surface area contributed by atoms with Crippen molar-refractivity contribution in [3.05, 3.63) is 48.3 Å². The van der Waals surface area contributed by atoms with Crippen molar-refractivity contribution in [1.82, 2.24) is 14.7 Å². The van der Waals surface area contributed by atoms with Crippen molar-refractivity contribution in [1.29, 1.82) is 0 Å². The van der Waals surface area contributed by atoms with E-state index in [-0.39, 0.29) is 0 Å². The van der Waals surface area contributed by atoms with Gasteiger partial charge in [0.15, 0.2) is 0 Å². The molecule has 0 radical (unpaired) electrons. The van der Waals surface area contributed by atoms with Crippen LogP contribution in [0.3, 0.4) is 0 Å². The van der Waals surface area contributed by atoms with E-state index in [1.54, 1.807) is 29.7 Å². The van der Waals surface area contributed by atoms with E-state index in [2.05, 4.69) is 5.10 Å². The predicted octanol–water partition coefficient (Wildman–Crippen LogP) is 1.78. The molecule has 1 aromatic heterocycles. The number of hydrogen-bond acceptors (Lipinski definition) is 3. The largest absolute Gasteiger partial charge is 0.480 e. The fourth-order valence-corrected chi connectivity index (χ4v) is 1.78. The summed E-state index contributed by atoms with van der Waals surface area (Å²) in [6, 6.07) is 9.29. The van der Waals surface area contributed by atoms with Gasteiger partial charge in [-0.1, -0.05) is 18.2 Å². The lowest BCUT2D eigenvalue weighted by atomic mass is 10.2. The summed E-state index contributed by atoms with van der Waals surface area (Å²) in [5.41, 5.74) is 1.97. The molecule has 0 fully saturated rings. The van der Waals surface area contributed by atoms with Crippen molar-refractivity contribution in [2.75, 3.05) is 7.05 Å². The van der Waals surface area contributed by atoms with Gasteiger partial charge >= 0.3 is 5.97 Å². The number of rotatable bonds is 5. The molecule has 0 spiro atoms. The maximum Gasteiger partial charge on any atom is 0.320 e. The molecule has 2 rings (SSSR count). The minimum absolute atomic E-state index is 0.514. The van der Waals surface area contributed by atoms with E-state index in [1.165, 1.54) is 0 Å². The molecule has 0 bridgehead atoms. The molecule has 0 amide bonds. The number of aliphatic carboxylic acids is 1. The van der Waals surface area contributed by atoms with E-state index in [1.807, 2.05) is 36.5 Å². The lowest BCUT2D eigenvalue weighted by Gasteiger charge is -2.19. The van der Waals surface area contributed by atoms with Crippen LogP contribution < -0.4 is 0 Å². The van der Waals surface area contributed by atoms with Crippen LogP contribution >= 0.6 is 0 Å². The molecular weight excluding hydrogens is 242 g/mol. The van der Waals surface area contributed by atoms with Crippen LogP contribution in [0.2, 0.25) is 0 Å². The lowest BCUT2D eigenvalue weighted by molar-refractivity contribution is -0.142. The third-order valence-corrected chi connectivity index (χ3v) is 3.11. The molecular formula is C14H17N3O2. The number of likely N-dealkylation sites (N-methyl/N-ethyl adjacent to an activating group) is 1. The summed E-state index contributed by atoms with van der Waals surface area (Å²) in [5.74, 6) is -0.821. The molecule has 0 aliphatic rings. The second kappa shape index (κ2) is 5.67. The van der Waals surface area contributed by atoms with Gasteiger partial charge < -0.3 is 5.11 Å². The van der Waals surface area contributed by atoms with E-state index in [9.17, 15) is 4.79 Å². The zero-order valence-corrected chi connectivity index (χ0v) is 11.0. The summed E-state index contributed by atoms with van der Waals surface area (Å²) in [4.78, 5) is 12.7. The molecule has 1 atom stereocenters. The molecule has 1 unspecified atom stereocenters. The molecule has 0 aliphatic carbocycles. The molecule has 5 nitrogen and oxygen atoms in total. The van der Waals surface area contributed by atoms with Crippen molar-refractivity contribution >= 4 is 5.97 Å². The Hall–Kier alpha value is -2.14. The number of aromatic nitrogens is 2. The van der Waals surface area contributed by atoms with Gasteiger partial charge in [0.2, 0.25) is 0 Å². The van der Waals surface area contributed by atoms with Crippen molar-refractivity contribution in [2.24, 2.45) is 0 Å². The highest BCUT2D eigenvalue weighted by atomic mass is 16.4. The van der Waals surface area contributed by atoms with E-state index in [0.717, 1.165) is 11.3 Å². The molecule has 0 saturated carbocycles. The van der Waals surface area contributed by atoms with Gasteiger partial charge in [-0.25, -0.2) is 4.68 Å². The van der Waals surface area contributed by atoms with Crippen LogP contribution in [0.15, 0.2) is 42.7 Å². The van der Waals surface area contributed by atoms with Crippen molar-refractivity contribution in [2.45, 2.75) is 19.5 Å². The number of benzene rings is 1. The summed E-state index contributed by atoms with van der Waals surface area (Å²) in [7, 11) is 1.79. The number of carbonyl (C=O) groups is 1. The normalized spacial score (nSPS) is 12.6. The van der Waals surface area contributed by atoms with Crippen LogP contribution in [-0.4, -0.2) is 38.8 Å². The molecule has 1 N–H and O–H groups in total. The van der Waals surface area contributed by atoms with Gasteiger partial charge in [0.25, 0.3) is 0 Å². The third-order valence-electron chi connectivity index (χ3n) is 3.11. The number of hydrogen-bond donors (Lipinski definition) is 1. The minimum Gasteiger partial charge on any atom is -0.480 e. The quantitative estimate of drug-likeness (QED) is 0.889. The smallest absolute Gasteiger partial charge is 0.320 e. The topological polar surface area (TPSA) is 58.4 Å². The van der Waals surface area contributed by atoms with Crippen molar-refractivity contribution in [3.63, 3.8) is 0 Å². The van der Waals surface area contributed by atoms with E-state index in [0.29, 0.717) is 6.54 Å². The highest BCUT2D eigenvalue weighted by Crippen LogP contribution is 2.10. The zero-order chi connectivity index (χ0) is 13.8. The minimum atomic E-state index is -0.821. The monoisotopic (exact) mass is 259 g/mol. The third kappa shape index (κ3) is 3.20. The van der Waals surface area contributed by atoms with Gasteiger partial charge in [0.05, 0.1) is 11.9 Å². The van der Waals surface area contributed by atoms with Gasteiger partial charge in [-0.05, 0) is 26.1 Å². The van der Waals surface area contributed by atoms with E-state index >= 15 is 0 Å². The van der Waals surface area contributed by atoms with Crippen LogP contribution in [0.4, 0.5) is 0 Å². The van der Waals surface area contributed by atoms with Gasteiger partial charge in [-0.15, -0.1) is 0 Å². The SMILES string of the molecule is CC(C(=O)O)N(C)Cc1cnn(-c2ccccc2)c1. The van der Waals surface area contributed by atoms with Gasteiger partial charge in [0.1, 0.15) is 6.04 Å². The van der Waals surface area contributed by atoms with Crippen molar-refractivity contribution in [3.8, 4) is 5.69 Å². The predicted molar refractivity (Wildman–Crippen MR) is 72.1 cm³/mol. The van der Waals surface area contributed by atoms with Crippen molar-refractivity contribution < 1.29 is 9.90 Å². The second-order valence-corrected chi connectivity index (χ2v) is 4.56. The molecule has 100 valence electrons. The van der Waals surface area contributed by atoms with Crippen LogP contribution in [-0.2, 0) is 11.3 Å². The first-order valence-corrected chi connectivity index (χ1v) is 6.10. The maximum absolute atomic E-state index is 10.9. The summed E-state index contributed by atoms with van der Waals surface area (Å²) >= 11 is 0. The zero-order valence-electron chi connectivity index (χ0n) is 11.0. The number of carboxylic acid groups (broad SMARTS) is 1. The first-order chi connectivity index (χ1) is 9.08. The summed E-state index contributed by atoms with van der Waals surface area (Å²) in [6.07, 6.45) is 3.68. The fraction of sp³-hybridized carbons (Fsp3) is 0.286. The van der Waals surface area contributed by atoms with Crippen LogP contribution in [0.25, 0.3) is 5.69 Å². The fourth-order valence-electron chi connectivity index (χ4n) is 1.78. The van der Waals surface area contributed by atoms with Crippen LogP contribution in [0, 0.1) is 0 Å². The number of nitrogens with zero attached hydrogens (tertiary/aromatic N) is 3. The Kier molecular flexibility index (Phi) is 3.97. The molecule has 0 saturated heterocycles. The van der Waals surface area contributed by atoms with E-state index in [4.69, 9.17) is 5.11 Å². The maximum atomic E-state index is 10.9. The molecule has 5 heteroatoms. The van der Waals surface area contributed by atoms with E-state index < -0.39 is 12.0 Å². The Morgan fingerprint density at radius 1 is 1.42 bits per heavy atom. The molecule has 2 aromatic rings. The Balaban J connectivity index is 2.08. The first kappa shape index (κ1) is 13.3. The second-order valence-electron chi connectivity index (χ2n) is 4.56. The van der Waals surface area contributed by atoms with Gasteiger partial charge in [-0.3, -0.25) is 9.69 Å². The molecule has 1 heterocycles. The molecule has 1 aromatic carbocycles. The van der Waals surface area contributed by atoms with Gasteiger partial charge in [-0.2, -0.15) is 5.10 Å². The lowest BCUT2D eigenvalue weighted by Crippen LogP contribution is -2.35. The average Bonchev–Trinajstić information content (AvgIpc) is 2.87. The molecule has 0 aliphatic heterocycles. The molecule has 19 heavy (non-hydrogen) atoms. The Morgan fingerprint density at radius 3 is 2.74 bits per heavy atom. The Bertz CT molecular complexity index is 551. The summed E-state index contributed by atoms with van der Waals surface area (Å²) < 4.78 is 1.79. The highest BCUT2D eigenvalue weighted by molar-refractivity contribution is 5.72. The van der Waals surface area contributed by atoms with Crippen LogP contribution in [0.1, 0.15) is 12.5 Å². The number of para-hydroxylation sites is 1. The van der Waals surface area contributed by atoms with Crippen LogP contribution in [0.5, 0.6) is 0 Å².